The number of hydrogen-bond donors (Lipinski definition) is 0. The molecule has 0 heterocycles. The first-order valence-electron chi connectivity index (χ1n) is 10.2. The molecule has 0 bridgehead atoms. The average Bonchev–Trinajstić information content (AvgIpc) is 2.65. The van der Waals surface area contributed by atoms with Crippen LogP contribution in [0.15, 0.2) is 0 Å². The van der Waals surface area contributed by atoms with Crippen molar-refractivity contribution >= 4 is 9.47 Å². The molecule has 2 heteroatoms. The zero-order valence-electron chi connectivity index (χ0n) is 14.8. The van der Waals surface area contributed by atoms with Crippen molar-refractivity contribution in [3.05, 3.63) is 0 Å². The van der Waals surface area contributed by atoms with E-state index in [1.54, 1.807) is 6.42 Å². The molecule has 0 amide bonds. The van der Waals surface area contributed by atoms with Crippen LogP contribution in [0.25, 0.3) is 0 Å². The van der Waals surface area contributed by atoms with E-state index in [-0.39, 0.29) is 0 Å². The minimum atomic E-state index is 0.549. The highest BCUT2D eigenvalue weighted by molar-refractivity contribution is 7.09. The summed E-state index contributed by atoms with van der Waals surface area (Å²) >= 11 is 0. The van der Waals surface area contributed by atoms with E-state index in [9.17, 15) is 0 Å². The smallest absolute Gasteiger partial charge is 0.0678 e. The first kappa shape index (κ1) is 12.7. The fourth-order valence-corrected chi connectivity index (χ4v) is 13.9. The van der Waals surface area contributed by atoms with Gasteiger partial charge in [0.15, 0.2) is 0 Å². The van der Waals surface area contributed by atoms with Gasteiger partial charge in [0, 0.05) is 9.47 Å². The van der Waals surface area contributed by atoms with Gasteiger partial charge in [-0.15, -0.1) is 0 Å². The zero-order valence-corrected chi connectivity index (χ0v) is 16.0. The van der Waals surface area contributed by atoms with Gasteiger partial charge in [-0.1, -0.05) is 27.7 Å². The monoisotopic (exact) mass is 328 g/mol. The van der Waals surface area contributed by atoms with Gasteiger partial charge in [-0.3, -0.25) is 0 Å². The predicted molar refractivity (Wildman–Crippen MR) is 91.2 cm³/mol. The van der Waals surface area contributed by atoms with E-state index in [0.717, 1.165) is 47.3 Å². The third-order valence-electron chi connectivity index (χ3n) is 13.7. The molecule has 0 aromatic rings. The Morgan fingerprint density at radius 1 is 0.739 bits per heavy atom. The van der Waals surface area contributed by atoms with Crippen molar-refractivity contribution in [2.24, 2.45) is 74.4 Å². The summed E-state index contributed by atoms with van der Waals surface area (Å²) in [6.45, 7) is 10.9. The Morgan fingerprint density at radius 2 is 1.43 bits per heavy atom. The van der Waals surface area contributed by atoms with Crippen LogP contribution in [-0.2, 0) is 4.52 Å². The molecule has 0 aliphatic heterocycles. The molecule has 8 rings (SSSR count). The Morgan fingerprint density at radius 3 is 2.17 bits per heavy atom. The van der Waals surface area contributed by atoms with Crippen molar-refractivity contribution in [1.29, 1.82) is 0 Å². The molecule has 1 spiro atoms. The Bertz CT molecular complexity index is 735. The molecule has 124 valence electrons. The molecule has 15 unspecified atom stereocenters. The first-order valence-corrected chi connectivity index (χ1v) is 10.7. The van der Waals surface area contributed by atoms with Gasteiger partial charge in [-0.2, -0.15) is 0 Å². The summed E-state index contributed by atoms with van der Waals surface area (Å²) < 4.78 is 6.30. The van der Waals surface area contributed by atoms with Gasteiger partial charge >= 0.3 is 0 Å². The Balaban J connectivity index is 1.48. The van der Waals surface area contributed by atoms with Gasteiger partial charge in [0.2, 0.25) is 0 Å². The van der Waals surface area contributed by atoms with Crippen LogP contribution in [0.1, 0.15) is 47.0 Å². The van der Waals surface area contributed by atoms with Crippen molar-refractivity contribution in [3.63, 3.8) is 0 Å². The van der Waals surface area contributed by atoms with E-state index >= 15 is 0 Å². The van der Waals surface area contributed by atoms with Gasteiger partial charge in [-0.25, -0.2) is 0 Å². The number of rotatable bonds is 1. The predicted octanol–water partition coefficient (Wildman–Crippen LogP) is 4.38. The van der Waals surface area contributed by atoms with Crippen molar-refractivity contribution in [2.45, 2.75) is 53.1 Å². The molecule has 0 radical (unpaired) electrons. The summed E-state index contributed by atoms with van der Waals surface area (Å²) in [5.74, 6) is 8.24. The van der Waals surface area contributed by atoms with Gasteiger partial charge in [0.25, 0.3) is 0 Å². The lowest BCUT2D eigenvalue weighted by Gasteiger charge is -3.04. The molecule has 0 aromatic heterocycles. The second kappa shape index (κ2) is 2.72. The van der Waals surface area contributed by atoms with Crippen LogP contribution in [0.5, 0.6) is 0 Å². The van der Waals surface area contributed by atoms with Crippen LogP contribution in [0.4, 0.5) is 0 Å². The van der Waals surface area contributed by atoms with Crippen molar-refractivity contribution in [3.8, 4) is 0 Å². The van der Waals surface area contributed by atoms with Gasteiger partial charge in [-0.05, 0) is 93.7 Å². The molecule has 8 saturated carbocycles. The maximum absolute atomic E-state index is 6.30. The van der Waals surface area contributed by atoms with Crippen LogP contribution < -0.4 is 0 Å². The van der Waals surface area contributed by atoms with Gasteiger partial charge in [0.05, 0.1) is 6.10 Å². The highest BCUT2D eigenvalue weighted by Gasteiger charge is 3.07. The molecule has 8 aliphatic carbocycles. The average molecular weight is 328 g/mol. The van der Waals surface area contributed by atoms with Crippen LogP contribution in [0, 0.1) is 74.4 Å². The normalized spacial score (nSPS) is 88.3. The molecular weight excluding hydrogens is 299 g/mol. The van der Waals surface area contributed by atoms with E-state index in [0.29, 0.717) is 33.2 Å². The first-order chi connectivity index (χ1) is 10.9. The second-order valence-electron chi connectivity index (χ2n) is 11.8. The Kier molecular flexibility index (Phi) is 1.50. The highest BCUT2D eigenvalue weighted by atomic mass is 31.0. The molecule has 0 saturated heterocycles. The lowest BCUT2D eigenvalue weighted by Crippen LogP contribution is -3.00. The summed E-state index contributed by atoms with van der Waals surface area (Å²) in [5, 5.41) is 0. The minimum Gasteiger partial charge on any atom is -0.362 e. The fraction of sp³-hybridized carbons (Fsp3) is 1.00. The summed E-state index contributed by atoms with van der Waals surface area (Å²) in [5.41, 5.74) is 3.28. The van der Waals surface area contributed by atoms with Crippen molar-refractivity contribution in [1.82, 2.24) is 0 Å². The number of fused-ring (bicyclic) bond motifs is 4. The summed E-state index contributed by atoms with van der Waals surface area (Å²) in [4.78, 5) is 0. The second-order valence-corrected chi connectivity index (χ2v) is 12.1. The van der Waals surface area contributed by atoms with Crippen molar-refractivity contribution < 1.29 is 4.52 Å². The number of hydrogen-bond acceptors (Lipinski definition) is 1. The van der Waals surface area contributed by atoms with Gasteiger partial charge in [0.1, 0.15) is 0 Å². The molecule has 8 fully saturated rings. The molecule has 23 heavy (non-hydrogen) atoms. The van der Waals surface area contributed by atoms with E-state index in [1.165, 1.54) is 12.8 Å². The SMILES string of the molecule is CC12C3CC1C1C4C5C6CC7CC(C3OP)C5(C76C)C4(C)C12C. The van der Waals surface area contributed by atoms with Crippen molar-refractivity contribution in [2.75, 3.05) is 0 Å². The Labute approximate surface area is 142 Å². The minimum absolute atomic E-state index is 0.549. The molecule has 0 aromatic carbocycles. The van der Waals surface area contributed by atoms with Gasteiger partial charge < -0.3 is 4.52 Å². The standard InChI is InChI=1S/C21H29OP/c1-17-8-5-9(17)14-15-13-10-7-11-16(22-23)12(6-8)21(14,17)20(15,4)19(13,3)18(10,11)2/h8-16H,5-7,23H2,1-4H3. The van der Waals surface area contributed by atoms with E-state index < -0.39 is 0 Å². The zero-order chi connectivity index (χ0) is 15.5. The Hall–Kier alpha value is 0.390. The van der Waals surface area contributed by atoms with Crippen LogP contribution >= 0.6 is 9.47 Å². The van der Waals surface area contributed by atoms with E-state index in [4.69, 9.17) is 4.52 Å². The fourth-order valence-electron chi connectivity index (χ4n) is 13.5. The summed E-state index contributed by atoms with van der Waals surface area (Å²) in [6, 6.07) is 0. The highest BCUT2D eigenvalue weighted by Crippen LogP contribution is 3.10. The molecular formula is C21H29OP. The summed E-state index contributed by atoms with van der Waals surface area (Å²) in [6.07, 6.45) is 5.12. The maximum atomic E-state index is 6.30. The molecule has 15 atom stereocenters. The molecule has 1 nitrogen and oxygen atoms in total. The van der Waals surface area contributed by atoms with Crippen LogP contribution in [0.3, 0.4) is 0 Å². The van der Waals surface area contributed by atoms with Crippen LogP contribution in [0.2, 0.25) is 0 Å². The quantitative estimate of drug-likeness (QED) is 0.649. The third kappa shape index (κ3) is 0.621. The summed E-state index contributed by atoms with van der Waals surface area (Å²) in [7, 11) is 2.71. The topological polar surface area (TPSA) is 9.23 Å². The molecule has 0 N–H and O–H groups in total. The van der Waals surface area contributed by atoms with Crippen LogP contribution in [-0.4, -0.2) is 6.10 Å². The maximum Gasteiger partial charge on any atom is 0.0678 e. The largest absolute Gasteiger partial charge is 0.362 e. The lowest BCUT2D eigenvalue weighted by molar-refractivity contribution is -0.575. The molecule has 8 aliphatic rings. The van der Waals surface area contributed by atoms with E-state index in [1.807, 2.05) is 0 Å². The lowest BCUT2D eigenvalue weighted by atomic mass is 9.00. The van der Waals surface area contributed by atoms with E-state index in [2.05, 4.69) is 37.2 Å². The third-order valence-corrected chi connectivity index (χ3v) is 14.0.